The van der Waals surface area contributed by atoms with Crippen LogP contribution in [-0.4, -0.2) is 53.3 Å². The molecule has 5 fully saturated rings. The van der Waals surface area contributed by atoms with Crippen LogP contribution in [0.3, 0.4) is 0 Å². The second-order valence-electron chi connectivity index (χ2n) is 11.5. The summed E-state index contributed by atoms with van der Waals surface area (Å²) in [4.78, 5) is 30.6. The molecule has 2 saturated heterocycles. The largest absolute Gasteiger partial charge is 0.352 e. The van der Waals surface area contributed by atoms with Gasteiger partial charge in [0, 0.05) is 37.6 Å². The van der Waals surface area contributed by atoms with E-state index in [0.717, 1.165) is 76.1 Å². The van der Waals surface area contributed by atoms with E-state index in [4.69, 9.17) is 5.48 Å². The first kappa shape index (κ1) is 18.3. The zero-order chi connectivity index (χ0) is 27.0. The van der Waals surface area contributed by atoms with Gasteiger partial charge in [0.2, 0.25) is 11.8 Å². The lowest BCUT2D eigenvalue weighted by Crippen LogP contribution is -2.52. The number of piperazine rings is 1. The number of hydrogen-bond acceptors (Lipinski definition) is 6. The topological polar surface area (TPSA) is 65.5 Å². The van der Waals surface area contributed by atoms with E-state index in [1.165, 1.54) is 6.42 Å². The van der Waals surface area contributed by atoms with Crippen molar-refractivity contribution in [3.8, 4) is 0 Å². The zero-order valence-electron chi connectivity index (χ0n) is 24.1. The van der Waals surface area contributed by atoms with Gasteiger partial charge in [0.15, 0.2) is 0 Å². The zero-order valence-corrected chi connectivity index (χ0v) is 20.9. The molecule has 3 heterocycles. The van der Waals surface area contributed by atoms with Crippen molar-refractivity contribution in [2.45, 2.75) is 57.4 Å². The maximum Gasteiger partial charge on any atom is 0.233 e. The van der Waals surface area contributed by atoms with E-state index in [1.807, 2.05) is 0 Å². The van der Waals surface area contributed by atoms with Crippen molar-refractivity contribution < 1.29 is 15.1 Å². The highest BCUT2D eigenvalue weighted by Crippen LogP contribution is 2.56. The number of nitrogens with zero attached hydrogens (tertiary/aromatic N) is 3. The van der Waals surface area contributed by atoms with Crippen LogP contribution in [0.5, 0.6) is 0 Å². The maximum atomic E-state index is 13.4. The molecule has 2 aliphatic heterocycles. The fourth-order valence-corrected chi connectivity index (χ4v) is 8.85. The maximum absolute atomic E-state index is 13.4. The number of imide groups is 1. The Kier molecular flexibility index (Phi) is 4.62. The van der Waals surface area contributed by atoms with Crippen LogP contribution in [0.15, 0.2) is 24.2 Å². The standard InChI is InChI=1S/C28H36N4O2S/c33-27-24-18-9-10-19(13-18)25(24)28(34)32(27)15-20-6-2-1-5-17(20)14-21-16-31(12-11-29-21)26-22-7-3-4-8-23(22)35-30-26/h3-4,7-8,17-21,24-25,29H,1-2,5-6,9-16H2/t17?,18-,19?,20?,21?,24+,25-/m0/s1/i3D,4D,7D,8D. The lowest BCUT2D eigenvalue weighted by atomic mass is 9.75. The Morgan fingerprint density at radius 3 is 2.57 bits per heavy atom. The normalized spacial score (nSPS) is 38.6. The van der Waals surface area contributed by atoms with Crippen LogP contribution < -0.4 is 10.2 Å². The van der Waals surface area contributed by atoms with Gasteiger partial charge in [0.1, 0.15) is 5.82 Å². The molecule has 6 nitrogen and oxygen atoms in total. The fraction of sp³-hybridized carbons (Fsp3) is 0.679. The summed E-state index contributed by atoms with van der Waals surface area (Å²) in [5, 5.41) is 4.19. The van der Waals surface area contributed by atoms with Crippen LogP contribution >= 0.6 is 11.5 Å². The van der Waals surface area contributed by atoms with E-state index in [0.29, 0.717) is 46.1 Å². The Hall–Kier alpha value is -1.99. The van der Waals surface area contributed by atoms with Crippen molar-refractivity contribution in [2.24, 2.45) is 35.5 Å². The van der Waals surface area contributed by atoms with Gasteiger partial charge in [-0.25, -0.2) is 0 Å². The molecule has 186 valence electrons. The van der Waals surface area contributed by atoms with Crippen molar-refractivity contribution in [2.75, 3.05) is 31.1 Å². The van der Waals surface area contributed by atoms with Gasteiger partial charge < -0.3 is 10.2 Å². The van der Waals surface area contributed by atoms with Crippen LogP contribution in [0, 0.1) is 35.5 Å². The van der Waals surface area contributed by atoms with Gasteiger partial charge in [0.25, 0.3) is 0 Å². The van der Waals surface area contributed by atoms with Crippen molar-refractivity contribution in [3.05, 3.63) is 24.2 Å². The average molecular weight is 497 g/mol. The molecule has 3 aliphatic carbocycles. The molecule has 5 aliphatic rings. The minimum Gasteiger partial charge on any atom is -0.352 e. The number of rotatable bonds is 5. The van der Waals surface area contributed by atoms with E-state index >= 15 is 0 Å². The molecule has 1 aromatic heterocycles. The lowest BCUT2D eigenvalue weighted by molar-refractivity contribution is -0.142. The van der Waals surface area contributed by atoms with E-state index in [-0.39, 0.29) is 53.9 Å². The Morgan fingerprint density at radius 2 is 1.77 bits per heavy atom. The second kappa shape index (κ2) is 8.84. The highest BCUT2D eigenvalue weighted by atomic mass is 32.1. The van der Waals surface area contributed by atoms with Gasteiger partial charge in [-0.1, -0.05) is 31.3 Å². The Morgan fingerprint density at radius 1 is 1.03 bits per heavy atom. The second-order valence-corrected chi connectivity index (χ2v) is 12.3. The Labute approximate surface area is 217 Å². The van der Waals surface area contributed by atoms with Gasteiger partial charge >= 0.3 is 0 Å². The molecular weight excluding hydrogens is 456 g/mol. The summed E-state index contributed by atoms with van der Waals surface area (Å²) < 4.78 is 38.0. The molecule has 1 aromatic carbocycles. The molecule has 1 N–H and O–H groups in total. The quantitative estimate of drug-likeness (QED) is 0.625. The summed E-state index contributed by atoms with van der Waals surface area (Å²) in [6.45, 7) is 2.81. The summed E-state index contributed by atoms with van der Waals surface area (Å²) in [6, 6.07) is -0.244. The average Bonchev–Trinajstić information content (AvgIpc) is 3.72. The van der Waals surface area contributed by atoms with Gasteiger partial charge in [-0.2, -0.15) is 4.37 Å². The number of fused-ring (bicyclic) bond motifs is 6. The van der Waals surface area contributed by atoms with Crippen LogP contribution in [0.1, 0.15) is 56.8 Å². The molecule has 7 atom stereocenters. The monoisotopic (exact) mass is 496 g/mol. The number of nitrogens with one attached hydrogen (secondary N) is 1. The number of amides is 2. The van der Waals surface area contributed by atoms with Crippen molar-refractivity contribution in [1.29, 1.82) is 0 Å². The van der Waals surface area contributed by atoms with Crippen LogP contribution in [0.2, 0.25) is 0 Å². The molecule has 2 bridgehead atoms. The molecule has 0 spiro atoms. The van der Waals surface area contributed by atoms with E-state index in [1.54, 1.807) is 4.90 Å². The molecule has 7 rings (SSSR count). The van der Waals surface area contributed by atoms with Gasteiger partial charge in [-0.3, -0.25) is 14.5 Å². The third-order valence-electron chi connectivity index (χ3n) is 9.74. The predicted molar refractivity (Wildman–Crippen MR) is 138 cm³/mol. The molecule has 2 amide bonds. The first-order chi connectivity index (χ1) is 18.8. The summed E-state index contributed by atoms with van der Waals surface area (Å²) >= 11 is 1.15. The Balaban J connectivity index is 1.06. The number of hydrogen-bond donors (Lipinski definition) is 1. The minimum atomic E-state index is -0.214. The minimum absolute atomic E-state index is 0.0182. The SMILES string of the molecule is [2H]c1c([2H])c([2H])c2c(N3CCNC(CC4CCCCC4CN4C(=O)[C@@H]5[C@H]6CCC(C6)[C@@H]5C4=O)C3)nsc2c1[2H]. The molecule has 7 heteroatoms. The molecule has 3 saturated carbocycles. The Bertz CT molecular complexity index is 1310. The number of aromatic nitrogens is 1. The lowest BCUT2D eigenvalue weighted by Gasteiger charge is -2.39. The first-order valence-electron chi connectivity index (χ1n) is 15.5. The highest BCUT2D eigenvalue weighted by molar-refractivity contribution is 7.13. The van der Waals surface area contributed by atoms with Crippen LogP contribution in [0.4, 0.5) is 5.82 Å². The highest BCUT2D eigenvalue weighted by Gasteiger charge is 2.61. The smallest absolute Gasteiger partial charge is 0.233 e. The molecule has 0 radical (unpaired) electrons. The van der Waals surface area contributed by atoms with Gasteiger partial charge in [-0.05, 0) is 79.4 Å². The molecular formula is C28H36N4O2S. The molecule has 2 aromatic rings. The third kappa shape index (κ3) is 3.72. The van der Waals surface area contributed by atoms with Crippen LogP contribution in [-0.2, 0) is 9.59 Å². The fourth-order valence-electron chi connectivity index (χ4n) is 8.14. The van der Waals surface area contributed by atoms with E-state index in [2.05, 4.69) is 14.6 Å². The van der Waals surface area contributed by atoms with Gasteiger partial charge in [0.05, 0.1) is 22.0 Å². The van der Waals surface area contributed by atoms with E-state index in [9.17, 15) is 9.59 Å². The summed E-state index contributed by atoms with van der Waals surface area (Å²) in [7, 11) is 0. The van der Waals surface area contributed by atoms with Gasteiger partial charge in [-0.15, -0.1) is 0 Å². The number of likely N-dealkylation sites (tertiary alicyclic amines) is 1. The van der Waals surface area contributed by atoms with E-state index < -0.39 is 0 Å². The first-order valence-corrected chi connectivity index (χ1v) is 14.3. The summed E-state index contributed by atoms with van der Waals surface area (Å²) in [6.07, 6.45) is 8.78. The number of carbonyl (C=O) groups is 2. The third-order valence-corrected chi connectivity index (χ3v) is 10.5. The predicted octanol–water partition coefficient (Wildman–Crippen LogP) is 4.30. The van der Waals surface area contributed by atoms with Crippen molar-refractivity contribution in [1.82, 2.24) is 14.6 Å². The van der Waals surface area contributed by atoms with Crippen LogP contribution in [0.25, 0.3) is 10.1 Å². The molecule has 4 unspecified atom stereocenters. The summed E-state index contributed by atoms with van der Waals surface area (Å²) in [5.74, 6) is 2.44. The number of benzene rings is 1. The number of anilines is 1. The van der Waals surface area contributed by atoms with Crippen molar-refractivity contribution >= 4 is 39.3 Å². The van der Waals surface area contributed by atoms with Crippen molar-refractivity contribution in [3.63, 3.8) is 0 Å². The molecule has 35 heavy (non-hydrogen) atoms. The summed E-state index contributed by atoms with van der Waals surface area (Å²) in [5.41, 5.74) is 0. The number of carbonyl (C=O) groups excluding carboxylic acids is 2.